The van der Waals surface area contributed by atoms with Crippen LogP contribution in [-0.2, 0) is 4.79 Å². The molecule has 2 nitrogen and oxygen atoms in total. The molecule has 0 saturated carbocycles. The van der Waals surface area contributed by atoms with Crippen LogP contribution >= 0.6 is 15.9 Å². The third kappa shape index (κ3) is 3.13. The molecule has 1 amide bonds. The first-order chi connectivity index (χ1) is 5.86. The largest absolute Gasteiger partial charge is 0.345 e. The van der Waals surface area contributed by atoms with Gasteiger partial charge in [-0.15, -0.1) is 0 Å². The van der Waals surface area contributed by atoms with Crippen molar-refractivity contribution in [3.8, 4) is 0 Å². The molecule has 12 heavy (non-hydrogen) atoms. The molecule has 0 spiro atoms. The molecule has 0 radical (unpaired) electrons. The fourth-order valence-corrected chi connectivity index (χ4v) is 2.38. The lowest BCUT2D eigenvalue weighted by Crippen LogP contribution is -2.22. The van der Waals surface area contributed by atoms with Crippen LogP contribution in [0.5, 0.6) is 0 Å². The molecular formula is C9H16BrNO. The fourth-order valence-electron chi connectivity index (χ4n) is 1.74. The van der Waals surface area contributed by atoms with Crippen molar-refractivity contribution in [2.45, 2.75) is 25.7 Å². The minimum atomic E-state index is 0.828. The van der Waals surface area contributed by atoms with Crippen LogP contribution in [0.2, 0.25) is 0 Å². The van der Waals surface area contributed by atoms with Crippen LogP contribution in [0, 0.1) is 5.92 Å². The Morgan fingerprint density at radius 3 is 2.92 bits per heavy atom. The van der Waals surface area contributed by atoms with Gasteiger partial charge in [0.1, 0.15) is 0 Å². The van der Waals surface area contributed by atoms with Crippen LogP contribution in [0.25, 0.3) is 0 Å². The first-order valence-electron chi connectivity index (χ1n) is 4.62. The second-order valence-electron chi connectivity index (χ2n) is 3.42. The Balaban J connectivity index is 2.28. The summed E-state index contributed by atoms with van der Waals surface area (Å²) >= 11 is 3.46. The molecule has 1 heterocycles. The lowest BCUT2D eigenvalue weighted by Gasteiger charge is -2.13. The molecule has 1 aliphatic heterocycles. The van der Waals surface area contributed by atoms with E-state index in [0.29, 0.717) is 0 Å². The normalized spacial score (nSPS) is 25.1. The maximum Gasteiger partial charge on any atom is 0.209 e. The van der Waals surface area contributed by atoms with E-state index in [2.05, 4.69) is 15.9 Å². The topological polar surface area (TPSA) is 20.3 Å². The Kier molecular flexibility index (Phi) is 4.66. The van der Waals surface area contributed by atoms with Crippen molar-refractivity contribution in [1.82, 2.24) is 4.90 Å². The van der Waals surface area contributed by atoms with Crippen LogP contribution in [0.3, 0.4) is 0 Å². The predicted octanol–water partition coefficient (Wildman–Crippen LogP) is 2.03. The van der Waals surface area contributed by atoms with E-state index < -0.39 is 0 Å². The number of hydrogen-bond acceptors (Lipinski definition) is 1. The number of carbonyl (C=O) groups excluding carboxylic acids is 1. The maximum atomic E-state index is 10.5. The average Bonchev–Trinajstić information content (AvgIpc) is 2.31. The molecule has 0 aromatic rings. The second-order valence-corrected chi connectivity index (χ2v) is 4.21. The molecule has 0 N–H and O–H groups in total. The van der Waals surface area contributed by atoms with Crippen LogP contribution in [0.1, 0.15) is 25.7 Å². The quantitative estimate of drug-likeness (QED) is 0.540. The number of rotatable bonds is 3. The van der Waals surface area contributed by atoms with Gasteiger partial charge in [0.05, 0.1) is 0 Å². The molecule has 0 aromatic carbocycles. The fraction of sp³-hybridized carbons (Fsp3) is 0.889. The SMILES string of the molecule is O=CN1CCCC(CCBr)CC1. The van der Waals surface area contributed by atoms with Crippen LogP contribution in [0.4, 0.5) is 0 Å². The van der Waals surface area contributed by atoms with Gasteiger partial charge in [-0.3, -0.25) is 4.79 Å². The molecule has 1 fully saturated rings. The summed E-state index contributed by atoms with van der Waals surface area (Å²) in [7, 11) is 0. The molecule has 70 valence electrons. The highest BCUT2D eigenvalue weighted by atomic mass is 79.9. The number of alkyl halides is 1. The van der Waals surface area contributed by atoms with E-state index in [0.717, 1.165) is 30.7 Å². The minimum absolute atomic E-state index is 0.828. The van der Waals surface area contributed by atoms with E-state index in [1.807, 2.05) is 4.90 Å². The van der Waals surface area contributed by atoms with E-state index in [4.69, 9.17) is 0 Å². The minimum Gasteiger partial charge on any atom is -0.345 e. The highest BCUT2D eigenvalue weighted by molar-refractivity contribution is 9.09. The summed E-state index contributed by atoms with van der Waals surface area (Å²) in [4.78, 5) is 12.4. The molecular weight excluding hydrogens is 218 g/mol. The first-order valence-corrected chi connectivity index (χ1v) is 5.74. The summed E-state index contributed by atoms with van der Waals surface area (Å²) in [6.45, 7) is 1.92. The van der Waals surface area contributed by atoms with Crippen molar-refractivity contribution in [3.63, 3.8) is 0 Å². The lowest BCUT2D eigenvalue weighted by atomic mass is 9.98. The number of likely N-dealkylation sites (tertiary alicyclic amines) is 1. The zero-order chi connectivity index (χ0) is 8.81. The van der Waals surface area contributed by atoms with E-state index in [9.17, 15) is 4.79 Å². The Hall–Kier alpha value is -0.0500. The third-order valence-electron chi connectivity index (χ3n) is 2.55. The smallest absolute Gasteiger partial charge is 0.209 e. The van der Waals surface area contributed by atoms with Crippen LogP contribution < -0.4 is 0 Å². The molecule has 1 unspecified atom stereocenters. The van der Waals surface area contributed by atoms with Gasteiger partial charge in [0.25, 0.3) is 0 Å². The van der Waals surface area contributed by atoms with Gasteiger partial charge in [0.15, 0.2) is 0 Å². The van der Waals surface area contributed by atoms with Crippen molar-refractivity contribution >= 4 is 22.3 Å². The van der Waals surface area contributed by atoms with Gasteiger partial charge in [-0.25, -0.2) is 0 Å². The third-order valence-corrected chi connectivity index (χ3v) is 3.01. The van der Waals surface area contributed by atoms with Gasteiger partial charge >= 0.3 is 0 Å². The highest BCUT2D eigenvalue weighted by Crippen LogP contribution is 2.20. The highest BCUT2D eigenvalue weighted by Gasteiger charge is 2.14. The standard InChI is InChI=1S/C9H16BrNO/c10-5-3-9-2-1-6-11(8-12)7-4-9/h8-9H,1-7H2. The van der Waals surface area contributed by atoms with E-state index >= 15 is 0 Å². The number of halogens is 1. The van der Waals surface area contributed by atoms with Gasteiger partial charge in [-0.05, 0) is 31.6 Å². The van der Waals surface area contributed by atoms with Crippen LogP contribution in [-0.4, -0.2) is 29.7 Å². The Morgan fingerprint density at radius 1 is 1.42 bits per heavy atom. The monoisotopic (exact) mass is 233 g/mol. The first kappa shape index (κ1) is 10.0. The summed E-state index contributed by atoms with van der Waals surface area (Å²) in [5.41, 5.74) is 0. The summed E-state index contributed by atoms with van der Waals surface area (Å²) in [6, 6.07) is 0. The van der Waals surface area contributed by atoms with Gasteiger partial charge in [0, 0.05) is 18.4 Å². The van der Waals surface area contributed by atoms with Gasteiger partial charge in [-0.2, -0.15) is 0 Å². The zero-order valence-electron chi connectivity index (χ0n) is 7.34. The van der Waals surface area contributed by atoms with Gasteiger partial charge in [-0.1, -0.05) is 15.9 Å². The summed E-state index contributed by atoms with van der Waals surface area (Å²) < 4.78 is 0. The molecule has 0 aromatic heterocycles. The Bertz CT molecular complexity index is 140. The molecule has 1 saturated heterocycles. The van der Waals surface area contributed by atoms with Gasteiger partial charge in [0.2, 0.25) is 6.41 Å². The second kappa shape index (κ2) is 5.57. The van der Waals surface area contributed by atoms with E-state index in [-0.39, 0.29) is 0 Å². The maximum absolute atomic E-state index is 10.5. The summed E-state index contributed by atoms with van der Waals surface area (Å²) in [5, 5.41) is 1.10. The molecule has 1 aliphatic rings. The average molecular weight is 234 g/mol. The van der Waals surface area contributed by atoms with Crippen molar-refractivity contribution < 1.29 is 4.79 Å². The lowest BCUT2D eigenvalue weighted by molar-refractivity contribution is -0.118. The van der Waals surface area contributed by atoms with Crippen molar-refractivity contribution in [2.24, 2.45) is 5.92 Å². The Morgan fingerprint density at radius 2 is 2.25 bits per heavy atom. The zero-order valence-corrected chi connectivity index (χ0v) is 8.92. The van der Waals surface area contributed by atoms with Crippen molar-refractivity contribution in [2.75, 3.05) is 18.4 Å². The number of nitrogens with zero attached hydrogens (tertiary/aromatic N) is 1. The number of amides is 1. The van der Waals surface area contributed by atoms with Crippen molar-refractivity contribution in [1.29, 1.82) is 0 Å². The van der Waals surface area contributed by atoms with E-state index in [1.54, 1.807) is 0 Å². The van der Waals surface area contributed by atoms with Gasteiger partial charge < -0.3 is 4.90 Å². The molecule has 0 aliphatic carbocycles. The number of carbonyl (C=O) groups is 1. The van der Waals surface area contributed by atoms with E-state index in [1.165, 1.54) is 25.7 Å². The molecule has 1 rings (SSSR count). The molecule has 3 heteroatoms. The number of hydrogen-bond donors (Lipinski definition) is 0. The summed E-state index contributed by atoms with van der Waals surface area (Å²) in [5.74, 6) is 0.828. The summed E-state index contributed by atoms with van der Waals surface area (Å²) in [6.07, 6.45) is 5.89. The Labute approximate surface area is 82.4 Å². The molecule has 0 bridgehead atoms. The van der Waals surface area contributed by atoms with Crippen LogP contribution in [0.15, 0.2) is 0 Å². The van der Waals surface area contributed by atoms with Crippen molar-refractivity contribution in [3.05, 3.63) is 0 Å². The molecule has 1 atom stereocenters. The predicted molar refractivity (Wildman–Crippen MR) is 53.4 cm³/mol.